The summed E-state index contributed by atoms with van der Waals surface area (Å²) in [5.41, 5.74) is 3.54. The number of hydrogen-bond acceptors (Lipinski definition) is 2. The van der Waals surface area contributed by atoms with Crippen LogP contribution in [0, 0.1) is 0 Å². The minimum atomic E-state index is -1.04. The van der Waals surface area contributed by atoms with Gasteiger partial charge in [0.05, 0.1) is 0 Å². The normalized spacial score (nSPS) is 11.4. The van der Waals surface area contributed by atoms with Crippen LogP contribution < -0.4 is 10.2 Å². The summed E-state index contributed by atoms with van der Waals surface area (Å²) in [5.74, 6) is 0.874. The molecular weight excluding hydrogens is 287 g/mol. The highest BCUT2D eigenvalue weighted by Gasteiger charge is 2.12. The first-order chi connectivity index (χ1) is 10.5. The molecule has 0 spiro atoms. The van der Waals surface area contributed by atoms with E-state index in [9.17, 15) is 0 Å². The summed E-state index contributed by atoms with van der Waals surface area (Å²) in [4.78, 5) is 0. The summed E-state index contributed by atoms with van der Waals surface area (Å²) in [7, 11) is 1.06. The van der Waals surface area contributed by atoms with Gasteiger partial charge in [-0.25, -0.2) is 0 Å². The van der Waals surface area contributed by atoms with Crippen LogP contribution in [0.1, 0.15) is 0 Å². The minimum Gasteiger partial charge on any atom is -0.467 e. The molecule has 4 heteroatoms. The van der Waals surface area contributed by atoms with Gasteiger partial charge in [0, 0.05) is 20.2 Å². The van der Waals surface area contributed by atoms with Crippen molar-refractivity contribution in [3.8, 4) is 16.9 Å². The van der Waals surface area contributed by atoms with Crippen LogP contribution >= 0.6 is 0 Å². The highest BCUT2D eigenvalue weighted by molar-refractivity contribution is 6.76. The Morgan fingerprint density at radius 3 is 2.32 bits per heavy atom. The molecule has 0 fully saturated rings. The van der Waals surface area contributed by atoms with Crippen LogP contribution in [0.25, 0.3) is 11.1 Å². The van der Waals surface area contributed by atoms with E-state index in [0.717, 1.165) is 24.0 Å². The van der Waals surface area contributed by atoms with Crippen molar-refractivity contribution in [3.63, 3.8) is 0 Å². The van der Waals surface area contributed by atoms with Crippen LogP contribution in [-0.4, -0.2) is 29.3 Å². The maximum absolute atomic E-state index is 5.83. The molecule has 0 saturated heterocycles. The fourth-order valence-electron chi connectivity index (χ4n) is 2.11. The van der Waals surface area contributed by atoms with Crippen molar-refractivity contribution in [3.05, 3.63) is 48.5 Å². The molecule has 0 heterocycles. The van der Waals surface area contributed by atoms with Gasteiger partial charge in [-0.3, -0.25) is 0 Å². The van der Waals surface area contributed by atoms with Crippen molar-refractivity contribution >= 4 is 21.4 Å². The van der Waals surface area contributed by atoms with Gasteiger partial charge in [-0.1, -0.05) is 67.6 Å². The molecule has 0 aromatic heterocycles. The lowest BCUT2D eigenvalue weighted by molar-refractivity contribution is 0.0224. The predicted octanol–water partition coefficient (Wildman–Crippen LogP) is 3.30. The number of ether oxygens (including phenoxy) is 2. The summed E-state index contributed by atoms with van der Waals surface area (Å²) in [6.45, 7) is 8.15. The van der Waals surface area contributed by atoms with E-state index in [0.29, 0.717) is 6.79 Å². The maximum atomic E-state index is 5.83. The molecule has 2 aromatic rings. The van der Waals surface area contributed by atoms with E-state index in [-0.39, 0.29) is 0 Å². The van der Waals surface area contributed by atoms with Gasteiger partial charge >= 0.3 is 0 Å². The van der Waals surface area contributed by atoms with Gasteiger partial charge in [0.1, 0.15) is 13.6 Å². The quantitative estimate of drug-likeness (QED) is 0.444. The lowest BCUT2D eigenvalue weighted by Gasteiger charge is -2.16. The molecule has 0 radical (unpaired) electrons. The molecule has 0 unspecified atom stereocenters. The van der Waals surface area contributed by atoms with Gasteiger partial charge in [0.25, 0.3) is 0 Å². The minimum absolute atomic E-state index is 0.313. The second-order valence-electron chi connectivity index (χ2n) is 6.84. The largest absolute Gasteiger partial charge is 0.467 e. The molecule has 2 rings (SSSR count). The first kappa shape index (κ1) is 16.8. The van der Waals surface area contributed by atoms with Gasteiger partial charge < -0.3 is 9.47 Å². The Hall–Kier alpha value is -1.52. The monoisotopic (exact) mass is 312 g/mol. The molecule has 0 aliphatic carbocycles. The summed E-state index contributed by atoms with van der Waals surface area (Å²) in [6, 6.07) is 17.8. The number of hydrogen-bond donors (Lipinski definition) is 0. The summed E-state index contributed by atoms with van der Waals surface area (Å²) >= 11 is 0. The molecule has 0 bridgehead atoms. The molecule has 0 atom stereocenters. The number of para-hydroxylation sites is 1. The van der Waals surface area contributed by atoms with Gasteiger partial charge in [-0.15, -0.1) is 0 Å². The van der Waals surface area contributed by atoms with E-state index in [4.69, 9.17) is 9.47 Å². The molecular formula is C18H25BO2Si. The summed E-state index contributed by atoms with van der Waals surface area (Å²) < 4.78 is 11.5. The van der Waals surface area contributed by atoms with Crippen molar-refractivity contribution in [2.24, 2.45) is 0 Å². The molecule has 2 aromatic carbocycles. The molecule has 22 heavy (non-hydrogen) atoms. The molecule has 0 N–H and O–H groups in total. The van der Waals surface area contributed by atoms with Crippen molar-refractivity contribution in [1.29, 1.82) is 0 Å². The first-order valence-electron chi connectivity index (χ1n) is 7.82. The topological polar surface area (TPSA) is 18.5 Å². The average Bonchev–Trinajstić information content (AvgIpc) is 2.47. The van der Waals surface area contributed by atoms with Crippen molar-refractivity contribution < 1.29 is 9.47 Å². The molecule has 2 nitrogen and oxygen atoms in total. The fourth-order valence-corrected chi connectivity index (χ4v) is 2.86. The Morgan fingerprint density at radius 1 is 0.955 bits per heavy atom. The van der Waals surface area contributed by atoms with E-state index in [1.807, 2.05) is 18.2 Å². The van der Waals surface area contributed by atoms with E-state index >= 15 is 0 Å². The third-order valence-electron chi connectivity index (χ3n) is 3.54. The molecule has 0 saturated carbocycles. The average molecular weight is 312 g/mol. The van der Waals surface area contributed by atoms with Crippen molar-refractivity contribution in [1.82, 2.24) is 0 Å². The predicted molar refractivity (Wildman–Crippen MR) is 99.7 cm³/mol. The van der Waals surface area contributed by atoms with Crippen LogP contribution in [-0.2, 0) is 4.74 Å². The van der Waals surface area contributed by atoms with Gasteiger partial charge in [0.2, 0.25) is 0 Å². The van der Waals surface area contributed by atoms with E-state index in [2.05, 4.69) is 57.8 Å². The second kappa shape index (κ2) is 7.66. The SMILES string of the molecule is Bc1ccc(-c2ccccc2OCOCC[Si](C)(C)C)cc1. The van der Waals surface area contributed by atoms with Crippen LogP contribution in [0.2, 0.25) is 25.7 Å². The molecule has 0 amide bonds. The van der Waals surface area contributed by atoms with Crippen molar-refractivity contribution in [2.75, 3.05) is 13.4 Å². The highest BCUT2D eigenvalue weighted by Crippen LogP contribution is 2.29. The molecule has 0 aliphatic rings. The summed E-state index contributed by atoms with van der Waals surface area (Å²) in [6.07, 6.45) is 0. The van der Waals surface area contributed by atoms with Crippen LogP contribution in [0.3, 0.4) is 0 Å². The number of rotatable bonds is 7. The maximum Gasteiger partial charge on any atom is 0.189 e. The summed E-state index contributed by atoms with van der Waals surface area (Å²) in [5, 5.41) is 0. The van der Waals surface area contributed by atoms with Crippen LogP contribution in [0.5, 0.6) is 5.75 Å². The van der Waals surface area contributed by atoms with E-state index < -0.39 is 8.07 Å². The zero-order chi connectivity index (χ0) is 16.0. The first-order valence-corrected chi connectivity index (χ1v) is 11.5. The van der Waals surface area contributed by atoms with Crippen molar-refractivity contribution in [2.45, 2.75) is 25.7 Å². The van der Waals surface area contributed by atoms with Crippen LogP contribution in [0.4, 0.5) is 0 Å². The smallest absolute Gasteiger partial charge is 0.189 e. The van der Waals surface area contributed by atoms with Gasteiger partial charge in [-0.05, 0) is 17.7 Å². The highest BCUT2D eigenvalue weighted by atomic mass is 28.3. The Labute approximate surface area is 135 Å². The third-order valence-corrected chi connectivity index (χ3v) is 5.25. The Kier molecular flexibility index (Phi) is 5.86. The standard InChI is InChI=1S/C18H25BO2Si/c1-22(2,3)13-12-20-14-21-18-7-5-4-6-17(18)15-8-10-16(19)11-9-15/h4-11H,12-14,19H2,1-3H3. The van der Waals surface area contributed by atoms with E-state index in [1.54, 1.807) is 0 Å². The van der Waals surface area contributed by atoms with Gasteiger partial charge in [-0.2, -0.15) is 0 Å². The molecule has 116 valence electrons. The Balaban J connectivity index is 1.96. The second-order valence-corrected chi connectivity index (χ2v) is 12.5. The zero-order valence-corrected chi connectivity index (χ0v) is 15.1. The Morgan fingerprint density at radius 2 is 1.64 bits per heavy atom. The lowest BCUT2D eigenvalue weighted by atomic mass is 9.93. The zero-order valence-electron chi connectivity index (χ0n) is 14.1. The van der Waals surface area contributed by atoms with Gasteiger partial charge in [0.15, 0.2) is 6.79 Å². The van der Waals surface area contributed by atoms with Crippen LogP contribution in [0.15, 0.2) is 48.5 Å². The lowest BCUT2D eigenvalue weighted by Crippen LogP contribution is -2.22. The number of benzene rings is 2. The molecule has 0 aliphatic heterocycles. The van der Waals surface area contributed by atoms with E-state index in [1.165, 1.54) is 11.0 Å². The fraction of sp³-hybridized carbons (Fsp3) is 0.333. The Bertz CT molecular complexity index is 591. The third kappa shape index (κ3) is 5.35.